The van der Waals surface area contributed by atoms with Crippen molar-refractivity contribution < 1.29 is 9.59 Å². The highest BCUT2D eigenvalue weighted by molar-refractivity contribution is 5.92. The monoisotopic (exact) mass is 511 g/mol. The van der Waals surface area contributed by atoms with Crippen LogP contribution in [0.2, 0.25) is 0 Å². The molecule has 2 N–H and O–H groups in total. The Hall–Kier alpha value is -3.47. The van der Waals surface area contributed by atoms with Crippen LogP contribution in [-0.2, 0) is 24.1 Å². The number of aromatic nitrogens is 1. The summed E-state index contributed by atoms with van der Waals surface area (Å²) in [5, 5.41) is 5.82. The Bertz CT molecular complexity index is 1240. The lowest BCUT2D eigenvalue weighted by Gasteiger charge is -2.15. The lowest BCUT2D eigenvalue weighted by molar-refractivity contribution is -0.116. The minimum absolute atomic E-state index is 0.0629. The van der Waals surface area contributed by atoms with E-state index in [1.807, 2.05) is 12.1 Å². The molecule has 0 bridgehead atoms. The number of rotatable bonds is 11. The average Bonchev–Trinajstić information content (AvgIpc) is 3.44. The summed E-state index contributed by atoms with van der Waals surface area (Å²) in [6, 6.07) is 16.5. The predicted molar refractivity (Wildman–Crippen MR) is 155 cm³/mol. The zero-order valence-electron chi connectivity index (χ0n) is 23.1. The fourth-order valence-corrected chi connectivity index (χ4v) is 5.45. The van der Waals surface area contributed by atoms with Gasteiger partial charge in [-0.25, -0.2) is 0 Å². The largest absolute Gasteiger partial charge is 0.354 e. The maximum atomic E-state index is 12.9. The van der Waals surface area contributed by atoms with Crippen LogP contribution in [0.15, 0.2) is 54.7 Å². The summed E-state index contributed by atoms with van der Waals surface area (Å²) >= 11 is 0. The van der Waals surface area contributed by atoms with Gasteiger partial charge < -0.3 is 10.6 Å². The van der Waals surface area contributed by atoms with Gasteiger partial charge in [0.05, 0.1) is 0 Å². The fourth-order valence-electron chi connectivity index (χ4n) is 5.45. The van der Waals surface area contributed by atoms with Crippen molar-refractivity contribution in [1.29, 1.82) is 0 Å². The molecule has 200 valence electrons. The van der Waals surface area contributed by atoms with E-state index >= 15 is 0 Å². The van der Waals surface area contributed by atoms with Gasteiger partial charge in [-0.3, -0.25) is 14.6 Å². The molecule has 2 amide bonds. The average molecular weight is 512 g/mol. The van der Waals surface area contributed by atoms with E-state index in [0.717, 1.165) is 41.1 Å². The Morgan fingerprint density at radius 2 is 1.61 bits per heavy atom. The zero-order valence-corrected chi connectivity index (χ0v) is 23.1. The number of nitrogens with zero attached hydrogens (tertiary/aromatic N) is 1. The summed E-state index contributed by atoms with van der Waals surface area (Å²) in [7, 11) is 1.61. The molecule has 1 fully saturated rings. The number of amides is 2. The van der Waals surface area contributed by atoms with E-state index < -0.39 is 0 Å². The van der Waals surface area contributed by atoms with E-state index in [1.165, 1.54) is 55.2 Å². The Kier molecular flexibility index (Phi) is 9.69. The molecule has 1 aliphatic carbocycles. The number of benzene rings is 2. The predicted octanol–water partition coefficient (Wildman–Crippen LogP) is 6.73. The first-order valence-corrected chi connectivity index (χ1v) is 14.1. The summed E-state index contributed by atoms with van der Waals surface area (Å²) in [6.07, 6.45) is 12.6. The van der Waals surface area contributed by atoms with Gasteiger partial charge in [0.2, 0.25) is 5.91 Å². The molecule has 4 rings (SSSR count). The molecule has 5 nitrogen and oxygen atoms in total. The van der Waals surface area contributed by atoms with Crippen LogP contribution in [0.5, 0.6) is 0 Å². The molecule has 1 saturated carbocycles. The number of carbonyl (C=O) groups excluding carboxylic acids is 2. The van der Waals surface area contributed by atoms with Crippen LogP contribution >= 0.6 is 0 Å². The minimum Gasteiger partial charge on any atom is -0.354 e. The van der Waals surface area contributed by atoms with Gasteiger partial charge >= 0.3 is 0 Å². The standard InChI is InChI=1S/C33H41N3O2/c1-23-19-29(10-6-9-25-7-4-5-8-25)30(20-24(23)2)36-32(37)16-15-26-11-13-27(14-12-26)21-28-17-18-35-31(22-28)33(38)34-3/h11-14,17-20,22,25H,4-10,15-16,21H2,1-3H3,(H,34,38)(H,36,37). The van der Waals surface area contributed by atoms with Crippen LogP contribution in [0.1, 0.15) is 88.8 Å². The van der Waals surface area contributed by atoms with Crippen LogP contribution in [0.25, 0.3) is 0 Å². The maximum Gasteiger partial charge on any atom is 0.269 e. The molecule has 38 heavy (non-hydrogen) atoms. The van der Waals surface area contributed by atoms with Crippen molar-refractivity contribution >= 4 is 17.5 Å². The van der Waals surface area contributed by atoms with Gasteiger partial charge in [0.15, 0.2) is 0 Å². The molecular weight excluding hydrogens is 470 g/mol. The van der Waals surface area contributed by atoms with Crippen LogP contribution < -0.4 is 10.6 Å². The molecular formula is C33H41N3O2. The Balaban J connectivity index is 1.30. The van der Waals surface area contributed by atoms with E-state index in [1.54, 1.807) is 13.2 Å². The summed E-state index contributed by atoms with van der Waals surface area (Å²) in [6.45, 7) is 4.26. The molecule has 1 aromatic heterocycles. The van der Waals surface area contributed by atoms with Gasteiger partial charge in [0.25, 0.3) is 5.91 Å². The second-order valence-corrected chi connectivity index (χ2v) is 10.8. The van der Waals surface area contributed by atoms with Crippen molar-refractivity contribution in [2.45, 2.75) is 78.1 Å². The van der Waals surface area contributed by atoms with Gasteiger partial charge in [0, 0.05) is 25.4 Å². The van der Waals surface area contributed by atoms with Crippen LogP contribution in [0, 0.1) is 19.8 Å². The molecule has 5 heteroatoms. The molecule has 1 heterocycles. The number of aryl methyl sites for hydroxylation is 4. The highest BCUT2D eigenvalue weighted by atomic mass is 16.2. The van der Waals surface area contributed by atoms with Gasteiger partial charge in [0.1, 0.15) is 5.69 Å². The fraction of sp³-hybridized carbons (Fsp3) is 0.424. The maximum absolute atomic E-state index is 12.9. The van der Waals surface area contributed by atoms with Crippen LogP contribution in [0.3, 0.4) is 0 Å². The first kappa shape index (κ1) is 27.6. The molecule has 0 atom stereocenters. The first-order chi connectivity index (χ1) is 18.4. The van der Waals surface area contributed by atoms with E-state index in [9.17, 15) is 9.59 Å². The van der Waals surface area contributed by atoms with Crippen LogP contribution in [0.4, 0.5) is 5.69 Å². The smallest absolute Gasteiger partial charge is 0.269 e. The SMILES string of the molecule is CNC(=O)c1cc(Cc2ccc(CCC(=O)Nc3cc(C)c(C)cc3CCCC3CCCC3)cc2)ccn1. The van der Waals surface area contributed by atoms with E-state index in [-0.39, 0.29) is 11.8 Å². The highest BCUT2D eigenvalue weighted by Gasteiger charge is 2.15. The van der Waals surface area contributed by atoms with Gasteiger partial charge in [-0.2, -0.15) is 0 Å². The summed E-state index contributed by atoms with van der Waals surface area (Å²) in [5.74, 6) is 0.779. The van der Waals surface area contributed by atoms with E-state index in [2.05, 4.69) is 65.9 Å². The third kappa shape index (κ3) is 7.77. The second kappa shape index (κ2) is 13.4. The van der Waals surface area contributed by atoms with Gasteiger partial charge in [-0.1, -0.05) is 62.4 Å². The normalized spacial score (nSPS) is 13.4. The molecule has 0 spiro atoms. The van der Waals surface area contributed by atoms with Crippen molar-refractivity contribution in [2.75, 3.05) is 12.4 Å². The number of pyridine rings is 1. The van der Waals surface area contributed by atoms with Crippen molar-refractivity contribution in [1.82, 2.24) is 10.3 Å². The van der Waals surface area contributed by atoms with Crippen LogP contribution in [-0.4, -0.2) is 23.8 Å². The number of hydrogen-bond acceptors (Lipinski definition) is 3. The highest BCUT2D eigenvalue weighted by Crippen LogP contribution is 2.30. The molecule has 2 aromatic carbocycles. The number of anilines is 1. The summed E-state index contributed by atoms with van der Waals surface area (Å²) in [4.78, 5) is 28.9. The van der Waals surface area contributed by atoms with Gasteiger partial charge in [-0.15, -0.1) is 0 Å². The number of carbonyl (C=O) groups is 2. The Morgan fingerprint density at radius 1 is 0.895 bits per heavy atom. The molecule has 1 aliphatic rings. The summed E-state index contributed by atoms with van der Waals surface area (Å²) in [5.41, 5.74) is 8.51. The zero-order chi connectivity index (χ0) is 26.9. The third-order valence-electron chi connectivity index (χ3n) is 7.88. The van der Waals surface area contributed by atoms with Crippen molar-refractivity contribution in [3.05, 3.63) is 93.8 Å². The minimum atomic E-state index is -0.183. The van der Waals surface area contributed by atoms with E-state index in [4.69, 9.17) is 0 Å². The van der Waals surface area contributed by atoms with Crippen molar-refractivity contribution in [3.63, 3.8) is 0 Å². The molecule has 0 saturated heterocycles. The molecule has 0 unspecified atom stereocenters. The molecule has 0 aliphatic heterocycles. The third-order valence-corrected chi connectivity index (χ3v) is 7.88. The van der Waals surface area contributed by atoms with Crippen molar-refractivity contribution in [3.8, 4) is 0 Å². The molecule has 3 aromatic rings. The lowest BCUT2D eigenvalue weighted by Crippen LogP contribution is -2.19. The number of nitrogens with one attached hydrogen (secondary N) is 2. The Labute approximate surface area is 227 Å². The Morgan fingerprint density at radius 3 is 2.34 bits per heavy atom. The van der Waals surface area contributed by atoms with E-state index in [0.29, 0.717) is 18.5 Å². The first-order valence-electron chi connectivity index (χ1n) is 14.1. The quantitative estimate of drug-likeness (QED) is 0.300. The topological polar surface area (TPSA) is 71.1 Å². The molecule has 0 radical (unpaired) electrons. The van der Waals surface area contributed by atoms with Gasteiger partial charge in [-0.05, 0) is 97.0 Å². The lowest BCUT2D eigenvalue weighted by atomic mass is 9.95. The second-order valence-electron chi connectivity index (χ2n) is 10.8. The summed E-state index contributed by atoms with van der Waals surface area (Å²) < 4.78 is 0. The van der Waals surface area contributed by atoms with Crippen molar-refractivity contribution in [2.24, 2.45) is 5.92 Å². The number of hydrogen-bond donors (Lipinski definition) is 2.